The zero-order valence-electron chi connectivity index (χ0n) is 11.6. The van der Waals surface area contributed by atoms with E-state index in [0.717, 1.165) is 10.1 Å². The molecule has 1 aromatic heterocycles. The van der Waals surface area contributed by atoms with Crippen LogP contribution in [0.25, 0.3) is 10.1 Å². The average Bonchev–Trinajstić information content (AvgIpc) is 3.01. The summed E-state index contributed by atoms with van der Waals surface area (Å²) in [6.07, 6.45) is -0.653. The Balaban J connectivity index is 2.16. The number of carbonyl (C=O) groups excluding carboxylic acids is 1. The number of hydrogen-bond acceptors (Lipinski definition) is 4. The molecule has 3 aromatic rings. The molecule has 0 amide bonds. The van der Waals surface area contributed by atoms with Gasteiger partial charge < -0.3 is 9.90 Å². The van der Waals surface area contributed by atoms with Gasteiger partial charge in [0.15, 0.2) is 5.41 Å². The van der Waals surface area contributed by atoms with E-state index in [4.69, 9.17) is 0 Å². The summed E-state index contributed by atoms with van der Waals surface area (Å²) < 4.78 is 0.985. The fourth-order valence-electron chi connectivity index (χ4n) is 2.48. The van der Waals surface area contributed by atoms with Crippen LogP contribution in [0, 0.1) is 11.3 Å². The summed E-state index contributed by atoms with van der Waals surface area (Å²) in [7, 11) is 0. The number of hydrogen-bond donors (Lipinski definition) is 1. The highest BCUT2D eigenvalue weighted by Crippen LogP contribution is 2.41. The van der Waals surface area contributed by atoms with Crippen LogP contribution in [0.3, 0.4) is 0 Å². The molecule has 22 heavy (non-hydrogen) atoms. The minimum atomic E-state index is -1.59. The van der Waals surface area contributed by atoms with Gasteiger partial charge in [-0.2, -0.15) is 5.26 Å². The smallest absolute Gasteiger partial charge is 0.176 e. The molecule has 0 spiro atoms. The van der Waals surface area contributed by atoms with Crippen molar-refractivity contribution in [3.63, 3.8) is 0 Å². The lowest BCUT2D eigenvalue weighted by Crippen LogP contribution is -2.33. The molecule has 0 saturated carbocycles. The van der Waals surface area contributed by atoms with E-state index in [2.05, 4.69) is 0 Å². The van der Waals surface area contributed by atoms with Crippen molar-refractivity contribution in [2.24, 2.45) is 0 Å². The normalized spacial score (nSPS) is 14.9. The van der Waals surface area contributed by atoms with E-state index in [1.807, 2.05) is 42.5 Å². The number of nitrogens with zero attached hydrogens (tertiary/aromatic N) is 1. The monoisotopic (exact) mass is 307 g/mol. The van der Waals surface area contributed by atoms with Crippen molar-refractivity contribution in [3.8, 4) is 6.07 Å². The number of aliphatic hydroxyl groups excluding tert-OH is 1. The van der Waals surface area contributed by atoms with E-state index in [0.29, 0.717) is 16.7 Å². The first-order valence-corrected chi connectivity index (χ1v) is 7.62. The highest BCUT2D eigenvalue weighted by atomic mass is 32.1. The second-order valence-electron chi connectivity index (χ2n) is 5.06. The molecule has 3 nitrogen and oxygen atoms in total. The molecule has 0 bridgehead atoms. The largest absolute Gasteiger partial charge is 0.386 e. The quantitative estimate of drug-likeness (QED) is 0.749. The predicted molar refractivity (Wildman–Crippen MR) is 86.6 cm³/mol. The Bertz CT molecular complexity index is 817. The Labute approximate surface area is 132 Å². The van der Waals surface area contributed by atoms with Crippen LogP contribution in [0.15, 0.2) is 60.7 Å². The number of aldehydes is 1. The third-order valence-corrected chi connectivity index (χ3v) is 5.02. The number of rotatable bonds is 4. The first-order valence-electron chi connectivity index (χ1n) is 6.81. The van der Waals surface area contributed by atoms with E-state index in [1.54, 1.807) is 24.3 Å². The van der Waals surface area contributed by atoms with Crippen LogP contribution in [0.5, 0.6) is 0 Å². The molecule has 3 rings (SSSR count). The van der Waals surface area contributed by atoms with E-state index in [1.165, 1.54) is 11.3 Å². The fourth-order valence-corrected chi connectivity index (χ4v) is 3.67. The Morgan fingerprint density at radius 3 is 2.45 bits per heavy atom. The summed E-state index contributed by atoms with van der Waals surface area (Å²) in [5, 5.41) is 21.3. The third kappa shape index (κ3) is 2.21. The Hall–Kier alpha value is -2.48. The van der Waals surface area contributed by atoms with Gasteiger partial charge in [0.2, 0.25) is 0 Å². The van der Waals surface area contributed by atoms with Gasteiger partial charge in [0.1, 0.15) is 12.4 Å². The van der Waals surface area contributed by atoms with Crippen LogP contribution in [0.1, 0.15) is 16.5 Å². The molecule has 2 atom stereocenters. The summed E-state index contributed by atoms with van der Waals surface area (Å²) in [6.45, 7) is 0. The van der Waals surface area contributed by atoms with E-state index >= 15 is 0 Å². The number of thiophene rings is 1. The van der Waals surface area contributed by atoms with Crippen molar-refractivity contribution in [1.82, 2.24) is 0 Å². The van der Waals surface area contributed by atoms with E-state index in [-0.39, 0.29) is 0 Å². The lowest BCUT2D eigenvalue weighted by Gasteiger charge is -2.25. The summed E-state index contributed by atoms with van der Waals surface area (Å²) in [5.74, 6) is 0. The van der Waals surface area contributed by atoms with Crippen molar-refractivity contribution in [2.45, 2.75) is 11.5 Å². The first-order chi connectivity index (χ1) is 10.7. The Morgan fingerprint density at radius 1 is 1.14 bits per heavy atom. The van der Waals surface area contributed by atoms with Gasteiger partial charge in [0.05, 0.1) is 6.07 Å². The van der Waals surface area contributed by atoms with Crippen LogP contribution in [-0.2, 0) is 10.2 Å². The molecule has 2 aromatic carbocycles. The van der Waals surface area contributed by atoms with E-state index < -0.39 is 11.5 Å². The van der Waals surface area contributed by atoms with Gasteiger partial charge in [-0.15, -0.1) is 11.3 Å². The average molecular weight is 307 g/mol. The molecule has 108 valence electrons. The molecule has 0 saturated heterocycles. The Morgan fingerprint density at radius 2 is 1.82 bits per heavy atom. The lowest BCUT2D eigenvalue weighted by atomic mass is 9.80. The van der Waals surface area contributed by atoms with Crippen molar-refractivity contribution < 1.29 is 9.90 Å². The zero-order valence-corrected chi connectivity index (χ0v) is 12.5. The van der Waals surface area contributed by atoms with Crippen LogP contribution >= 0.6 is 11.3 Å². The van der Waals surface area contributed by atoms with Crippen LogP contribution in [-0.4, -0.2) is 11.4 Å². The molecule has 0 aliphatic carbocycles. The van der Waals surface area contributed by atoms with Gasteiger partial charge in [0, 0.05) is 9.58 Å². The summed E-state index contributed by atoms with van der Waals surface area (Å²) in [4.78, 5) is 12.3. The standard InChI is InChI=1S/C18H13NO2S/c19-11-18(12-20,17(21)13-6-2-1-3-7-13)16-10-14-8-4-5-9-15(14)22-16/h1-10,12,17,21H. The SMILES string of the molecule is N#CC(C=O)(c1cc2ccccc2s1)C(O)c1ccccc1. The maximum atomic E-state index is 11.8. The molecule has 0 fully saturated rings. The molecule has 2 unspecified atom stereocenters. The summed E-state index contributed by atoms with van der Waals surface area (Å²) in [5.41, 5.74) is -1.04. The molecule has 0 radical (unpaired) electrons. The molecule has 0 aliphatic rings. The maximum Gasteiger partial charge on any atom is 0.176 e. The van der Waals surface area contributed by atoms with Gasteiger partial charge in [-0.05, 0) is 23.1 Å². The molecular weight excluding hydrogens is 294 g/mol. The third-order valence-electron chi connectivity index (χ3n) is 3.75. The fraction of sp³-hybridized carbons (Fsp3) is 0.111. The molecule has 1 N–H and O–H groups in total. The minimum absolute atomic E-state index is 0.550. The summed E-state index contributed by atoms with van der Waals surface area (Å²) >= 11 is 1.36. The lowest BCUT2D eigenvalue weighted by molar-refractivity contribution is -0.114. The highest BCUT2D eigenvalue weighted by Gasteiger charge is 2.42. The molecule has 0 aliphatic heterocycles. The zero-order chi connectivity index (χ0) is 15.6. The highest BCUT2D eigenvalue weighted by molar-refractivity contribution is 7.19. The van der Waals surface area contributed by atoms with Crippen molar-refractivity contribution >= 4 is 27.7 Å². The van der Waals surface area contributed by atoms with Crippen molar-refractivity contribution in [2.75, 3.05) is 0 Å². The molecule has 4 heteroatoms. The van der Waals surface area contributed by atoms with Crippen molar-refractivity contribution in [3.05, 3.63) is 71.1 Å². The van der Waals surface area contributed by atoms with Crippen LogP contribution in [0.4, 0.5) is 0 Å². The van der Waals surface area contributed by atoms with E-state index in [9.17, 15) is 15.2 Å². The maximum absolute atomic E-state index is 11.8. The topological polar surface area (TPSA) is 61.1 Å². The second-order valence-corrected chi connectivity index (χ2v) is 6.14. The van der Waals surface area contributed by atoms with Gasteiger partial charge in [0.25, 0.3) is 0 Å². The molecular formula is C18H13NO2S. The number of carbonyl (C=O) groups is 1. The Kier molecular flexibility index (Phi) is 3.76. The number of aliphatic hydroxyl groups is 1. The number of fused-ring (bicyclic) bond motifs is 1. The van der Waals surface area contributed by atoms with Crippen molar-refractivity contribution in [1.29, 1.82) is 5.26 Å². The van der Waals surface area contributed by atoms with Crippen LogP contribution < -0.4 is 0 Å². The van der Waals surface area contributed by atoms with Gasteiger partial charge in [-0.3, -0.25) is 0 Å². The van der Waals surface area contributed by atoms with Gasteiger partial charge in [-0.1, -0.05) is 48.5 Å². The predicted octanol–water partition coefficient (Wildman–Crippen LogP) is 3.60. The summed E-state index contributed by atoms with van der Waals surface area (Å²) in [6, 6.07) is 20.3. The van der Waals surface area contributed by atoms with Crippen LogP contribution in [0.2, 0.25) is 0 Å². The van der Waals surface area contributed by atoms with Gasteiger partial charge >= 0.3 is 0 Å². The number of nitriles is 1. The first kappa shape index (κ1) is 14.5. The molecule has 1 heterocycles. The minimum Gasteiger partial charge on any atom is -0.386 e. The van der Waals surface area contributed by atoms with Gasteiger partial charge in [-0.25, -0.2) is 0 Å². The number of benzene rings is 2. The second kappa shape index (κ2) is 5.72.